The fourth-order valence-corrected chi connectivity index (χ4v) is 1.86. The molecule has 1 rings (SSSR count). The summed E-state index contributed by atoms with van der Waals surface area (Å²) < 4.78 is 0. The number of hydrogen-bond acceptors (Lipinski definition) is 4. The molecule has 1 N–H and O–H groups in total. The van der Waals surface area contributed by atoms with Crippen LogP contribution in [0.5, 0.6) is 0 Å². The molecule has 0 heterocycles. The number of aliphatic hydroxyl groups excluding tert-OH is 1. The Morgan fingerprint density at radius 3 is 2.78 bits per heavy atom. The highest BCUT2D eigenvalue weighted by atomic mass is 35.5. The second-order valence-corrected chi connectivity index (χ2v) is 4.39. The summed E-state index contributed by atoms with van der Waals surface area (Å²) in [5.41, 5.74) is 0.790. The molecule has 1 aromatic rings. The minimum Gasteiger partial charge on any atom is -0.396 e. The number of halogens is 1. The number of aliphatic hydroxyl groups is 1. The van der Waals surface area contributed by atoms with Gasteiger partial charge >= 0.3 is 0 Å². The third kappa shape index (κ3) is 4.25. The Bertz CT molecular complexity index is 412. The normalized spacial score (nSPS) is 10.9. The predicted molar refractivity (Wildman–Crippen MR) is 70.8 cm³/mol. The number of non-ortho nitro benzene ring substituents is 1. The van der Waals surface area contributed by atoms with Crippen LogP contribution in [0.1, 0.15) is 18.9 Å². The third-order valence-electron chi connectivity index (χ3n) is 2.71. The molecule has 100 valence electrons. The fraction of sp³-hybridized carbons (Fsp3) is 0.500. The zero-order valence-corrected chi connectivity index (χ0v) is 11.1. The van der Waals surface area contributed by atoms with Crippen LogP contribution >= 0.6 is 11.6 Å². The molecule has 0 saturated carbocycles. The molecule has 0 aliphatic carbocycles. The van der Waals surface area contributed by atoms with Gasteiger partial charge in [-0.25, -0.2) is 0 Å². The second-order valence-electron chi connectivity index (χ2n) is 3.98. The standard InChI is InChI=1S/C12H17ClN2O3/c1-2-14(6-3-7-16)9-10-8-11(15(17)18)4-5-12(10)13/h4-5,8,16H,2-3,6-7,9H2,1H3. The zero-order valence-electron chi connectivity index (χ0n) is 10.3. The molecule has 0 saturated heterocycles. The molecule has 0 unspecified atom stereocenters. The minimum atomic E-state index is -0.427. The van der Waals surface area contributed by atoms with Gasteiger partial charge in [0, 0.05) is 36.9 Å². The van der Waals surface area contributed by atoms with Gasteiger partial charge in [0.1, 0.15) is 0 Å². The summed E-state index contributed by atoms with van der Waals surface area (Å²) in [6, 6.07) is 4.45. The number of hydrogen-bond donors (Lipinski definition) is 1. The smallest absolute Gasteiger partial charge is 0.269 e. The van der Waals surface area contributed by atoms with E-state index in [1.165, 1.54) is 12.1 Å². The molecule has 5 nitrogen and oxygen atoms in total. The van der Waals surface area contributed by atoms with Crippen molar-refractivity contribution >= 4 is 17.3 Å². The molecule has 0 fully saturated rings. The largest absolute Gasteiger partial charge is 0.396 e. The zero-order chi connectivity index (χ0) is 13.5. The topological polar surface area (TPSA) is 66.6 Å². The van der Waals surface area contributed by atoms with E-state index in [4.69, 9.17) is 16.7 Å². The molecule has 0 aromatic heterocycles. The molecule has 0 spiro atoms. The molecular formula is C12H17ClN2O3. The van der Waals surface area contributed by atoms with Gasteiger partial charge in [-0.05, 0) is 24.6 Å². The highest BCUT2D eigenvalue weighted by Crippen LogP contribution is 2.23. The summed E-state index contributed by atoms with van der Waals surface area (Å²) in [6.45, 7) is 4.24. The lowest BCUT2D eigenvalue weighted by Crippen LogP contribution is -2.24. The Kier molecular flexibility index (Phi) is 6.04. The second kappa shape index (κ2) is 7.31. The summed E-state index contributed by atoms with van der Waals surface area (Å²) in [6.07, 6.45) is 0.681. The van der Waals surface area contributed by atoms with Crippen LogP contribution in [0, 0.1) is 10.1 Å². The van der Waals surface area contributed by atoms with Gasteiger partial charge in [0.15, 0.2) is 0 Å². The van der Waals surface area contributed by atoms with Crippen LogP contribution in [0.2, 0.25) is 5.02 Å². The van der Waals surface area contributed by atoms with E-state index in [1.54, 1.807) is 6.07 Å². The van der Waals surface area contributed by atoms with Gasteiger partial charge in [0.25, 0.3) is 5.69 Å². The van der Waals surface area contributed by atoms with Crippen molar-refractivity contribution in [2.24, 2.45) is 0 Å². The van der Waals surface area contributed by atoms with E-state index in [0.717, 1.165) is 18.7 Å². The molecule has 18 heavy (non-hydrogen) atoms. The van der Waals surface area contributed by atoms with Gasteiger partial charge in [0.05, 0.1) is 4.92 Å². The van der Waals surface area contributed by atoms with Crippen LogP contribution in [0.15, 0.2) is 18.2 Å². The van der Waals surface area contributed by atoms with Gasteiger partial charge < -0.3 is 5.11 Å². The molecule has 0 aliphatic heterocycles. The molecule has 6 heteroatoms. The predicted octanol–water partition coefficient (Wildman–Crippen LogP) is 2.45. The summed E-state index contributed by atoms with van der Waals surface area (Å²) in [5.74, 6) is 0. The molecular weight excluding hydrogens is 256 g/mol. The number of nitro benzene ring substituents is 1. The Labute approximate surface area is 111 Å². The van der Waals surface area contributed by atoms with E-state index in [0.29, 0.717) is 18.0 Å². The average Bonchev–Trinajstić information content (AvgIpc) is 2.36. The number of rotatable bonds is 7. The Morgan fingerprint density at radius 2 is 2.22 bits per heavy atom. The van der Waals surface area contributed by atoms with Gasteiger partial charge in [-0.2, -0.15) is 0 Å². The Balaban J connectivity index is 2.80. The summed E-state index contributed by atoms with van der Waals surface area (Å²) in [7, 11) is 0. The molecule has 1 aromatic carbocycles. The fourth-order valence-electron chi connectivity index (χ4n) is 1.68. The van der Waals surface area contributed by atoms with Crippen molar-refractivity contribution in [3.8, 4) is 0 Å². The van der Waals surface area contributed by atoms with Crippen LogP contribution in [0.3, 0.4) is 0 Å². The summed E-state index contributed by atoms with van der Waals surface area (Å²) in [4.78, 5) is 12.4. The van der Waals surface area contributed by atoms with Gasteiger partial charge in [-0.3, -0.25) is 15.0 Å². The Hall–Kier alpha value is -1.17. The van der Waals surface area contributed by atoms with Crippen molar-refractivity contribution in [2.45, 2.75) is 19.9 Å². The maximum absolute atomic E-state index is 10.7. The number of benzene rings is 1. The third-order valence-corrected chi connectivity index (χ3v) is 3.08. The first-order valence-electron chi connectivity index (χ1n) is 5.84. The van der Waals surface area contributed by atoms with Crippen LogP contribution in [0.25, 0.3) is 0 Å². The maximum Gasteiger partial charge on any atom is 0.269 e. The van der Waals surface area contributed by atoms with E-state index in [2.05, 4.69) is 4.90 Å². The van der Waals surface area contributed by atoms with Crippen molar-refractivity contribution < 1.29 is 10.0 Å². The van der Waals surface area contributed by atoms with E-state index in [9.17, 15) is 10.1 Å². The van der Waals surface area contributed by atoms with E-state index >= 15 is 0 Å². The lowest BCUT2D eigenvalue weighted by Gasteiger charge is -2.20. The van der Waals surface area contributed by atoms with Crippen LogP contribution in [-0.2, 0) is 6.54 Å². The van der Waals surface area contributed by atoms with Gasteiger partial charge in [0.2, 0.25) is 0 Å². The highest BCUT2D eigenvalue weighted by molar-refractivity contribution is 6.31. The highest BCUT2D eigenvalue weighted by Gasteiger charge is 2.12. The van der Waals surface area contributed by atoms with E-state index in [-0.39, 0.29) is 12.3 Å². The Morgan fingerprint density at radius 1 is 1.50 bits per heavy atom. The molecule has 0 amide bonds. The van der Waals surface area contributed by atoms with Crippen molar-refractivity contribution in [2.75, 3.05) is 19.7 Å². The average molecular weight is 273 g/mol. The van der Waals surface area contributed by atoms with E-state index in [1.807, 2.05) is 6.92 Å². The quantitative estimate of drug-likeness (QED) is 0.612. The maximum atomic E-state index is 10.7. The molecule has 0 bridgehead atoms. The number of nitrogens with zero attached hydrogens (tertiary/aromatic N) is 2. The van der Waals surface area contributed by atoms with Crippen molar-refractivity contribution in [1.29, 1.82) is 0 Å². The molecule has 0 radical (unpaired) electrons. The van der Waals surface area contributed by atoms with Crippen molar-refractivity contribution in [3.05, 3.63) is 38.9 Å². The van der Waals surface area contributed by atoms with E-state index < -0.39 is 4.92 Å². The van der Waals surface area contributed by atoms with Crippen LogP contribution in [0.4, 0.5) is 5.69 Å². The summed E-state index contributed by atoms with van der Waals surface area (Å²) >= 11 is 6.04. The SMILES string of the molecule is CCN(CCCO)Cc1cc([N+](=O)[O-])ccc1Cl. The van der Waals surface area contributed by atoms with Crippen LogP contribution in [-0.4, -0.2) is 34.6 Å². The molecule has 0 atom stereocenters. The monoisotopic (exact) mass is 272 g/mol. The first-order valence-corrected chi connectivity index (χ1v) is 6.22. The van der Waals surface area contributed by atoms with Crippen molar-refractivity contribution in [1.82, 2.24) is 4.90 Å². The molecule has 0 aliphatic rings. The first kappa shape index (κ1) is 14.9. The lowest BCUT2D eigenvalue weighted by molar-refractivity contribution is -0.384. The summed E-state index contributed by atoms with van der Waals surface area (Å²) in [5, 5.41) is 20.0. The van der Waals surface area contributed by atoms with Gasteiger partial charge in [-0.1, -0.05) is 18.5 Å². The minimum absolute atomic E-state index is 0.0487. The van der Waals surface area contributed by atoms with Crippen LogP contribution < -0.4 is 0 Å². The van der Waals surface area contributed by atoms with Gasteiger partial charge in [-0.15, -0.1) is 0 Å². The number of nitro groups is 1. The lowest BCUT2D eigenvalue weighted by atomic mass is 10.2. The van der Waals surface area contributed by atoms with Crippen molar-refractivity contribution in [3.63, 3.8) is 0 Å². The first-order chi connectivity index (χ1) is 8.58.